The van der Waals surface area contributed by atoms with Crippen molar-refractivity contribution >= 4 is 28.5 Å². The summed E-state index contributed by atoms with van der Waals surface area (Å²) in [7, 11) is 0. The molecule has 176 valence electrons. The summed E-state index contributed by atoms with van der Waals surface area (Å²) in [4.78, 5) is 33.0. The maximum atomic E-state index is 13.4. The third-order valence-corrected chi connectivity index (χ3v) is 6.21. The van der Waals surface area contributed by atoms with Crippen molar-refractivity contribution in [3.8, 4) is 0 Å². The Balaban J connectivity index is 1.38. The average molecular weight is 466 g/mol. The maximum absolute atomic E-state index is 13.4. The van der Waals surface area contributed by atoms with Gasteiger partial charge in [0.15, 0.2) is 6.61 Å². The minimum atomic E-state index is -0.499. The van der Waals surface area contributed by atoms with Gasteiger partial charge in [-0.1, -0.05) is 60.7 Å². The van der Waals surface area contributed by atoms with Crippen molar-refractivity contribution in [2.45, 2.75) is 26.4 Å². The van der Waals surface area contributed by atoms with Gasteiger partial charge >= 0.3 is 5.97 Å². The van der Waals surface area contributed by atoms with Crippen LogP contribution in [0.2, 0.25) is 0 Å². The number of hydrogen-bond donors (Lipinski definition) is 1. The first-order chi connectivity index (χ1) is 17.1. The predicted octanol–water partition coefficient (Wildman–Crippen LogP) is 4.90. The first-order valence-electron chi connectivity index (χ1n) is 11.8. The van der Waals surface area contributed by atoms with E-state index in [1.807, 2.05) is 67.6 Å². The molecular weight excluding hydrogens is 438 g/mol. The number of carbonyl (C=O) groups excluding carboxylic acids is 2. The summed E-state index contributed by atoms with van der Waals surface area (Å²) in [5, 5.41) is 3.53. The van der Waals surface area contributed by atoms with Gasteiger partial charge in [-0.15, -0.1) is 0 Å². The fraction of sp³-hybridized carbons (Fsp3) is 0.207. The van der Waals surface area contributed by atoms with Gasteiger partial charge in [-0.25, -0.2) is 4.79 Å². The Morgan fingerprint density at radius 2 is 1.80 bits per heavy atom. The number of nitrogens with one attached hydrogen (secondary N) is 1. The van der Waals surface area contributed by atoms with Crippen LogP contribution in [0.25, 0.3) is 10.9 Å². The lowest BCUT2D eigenvalue weighted by molar-refractivity contribution is -0.119. The molecule has 0 spiro atoms. The van der Waals surface area contributed by atoms with Gasteiger partial charge in [-0.2, -0.15) is 0 Å². The first kappa shape index (κ1) is 22.7. The van der Waals surface area contributed by atoms with Crippen LogP contribution in [0.15, 0.2) is 78.9 Å². The highest BCUT2D eigenvalue weighted by atomic mass is 16.5. The molecule has 0 saturated carbocycles. The number of anilines is 1. The molecule has 0 unspecified atom stereocenters. The second kappa shape index (κ2) is 10.1. The molecule has 3 aromatic carbocycles. The second-order valence-corrected chi connectivity index (χ2v) is 8.87. The normalized spacial score (nSPS) is 13.3. The molecule has 1 N–H and O–H groups in total. The second-order valence-electron chi connectivity index (χ2n) is 8.87. The van der Waals surface area contributed by atoms with E-state index in [2.05, 4.69) is 22.3 Å². The zero-order valence-corrected chi connectivity index (χ0v) is 19.7. The molecule has 1 aromatic heterocycles. The molecule has 5 rings (SSSR count). The standard InChI is InChI=1S/C29H27N3O3/c1-20-8-7-11-22(16-20)30-27(33)19-35-29(34)28-23-12-5-6-13-25(23)31-26-14-15-32(18-24(26)28)17-21-9-3-2-4-10-21/h2-13,16H,14-15,17-19H2,1H3,(H,30,33). The Labute approximate surface area is 204 Å². The first-order valence-corrected chi connectivity index (χ1v) is 11.8. The average Bonchev–Trinajstić information content (AvgIpc) is 2.86. The van der Waals surface area contributed by atoms with Crippen LogP contribution in [0.3, 0.4) is 0 Å². The Morgan fingerprint density at radius 1 is 1.00 bits per heavy atom. The van der Waals surface area contributed by atoms with Gasteiger partial charge in [-0.3, -0.25) is 14.7 Å². The van der Waals surface area contributed by atoms with E-state index < -0.39 is 5.97 Å². The number of ether oxygens (including phenoxy) is 1. The van der Waals surface area contributed by atoms with Crippen molar-refractivity contribution in [1.82, 2.24) is 9.88 Å². The van der Waals surface area contributed by atoms with Gasteiger partial charge in [-0.05, 0) is 36.2 Å². The van der Waals surface area contributed by atoms with Crippen molar-refractivity contribution in [3.05, 3.63) is 107 Å². The van der Waals surface area contributed by atoms with E-state index >= 15 is 0 Å². The predicted molar refractivity (Wildman–Crippen MR) is 136 cm³/mol. The van der Waals surface area contributed by atoms with Crippen LogP contribution in [-0.2, 0) is 29.0 Å². The van der Waals surface area contributed by atoms with Crippen LogP contribution in [-0.4, -0.2) is 34.9 Å². The molecule has 0 saturated heterocycles. The summed E-state index contributed by atoms with van der Waals surface area (Å²) < 4.78 is 5.52. The third-order valence-electron chi connectivity index (χ3n) is 6.21. The Morgan fingerprint density at radius 3 is 2.63 bits per heavy atom. The number of aryl methyl sites for hydroxylation is 1. The Hall–Kier alpha value is -4.03. The maximum Gasteiger partial charge on any atom is 0.339 e. The minimum absolute atomic E-state index is 0.355. The fourth-order valence-electron chi connectivity index (χ4n) is 4.58. The van der Waals surface area contributed by atoms with Gasteiger partial charge in [0.25, 0.3) is 5.91 Å². The highest BCUT2D eigenvalue weighted by Crippen LogP contribution is 2.29. The SMILES string of the molecule is Cc1cccc(NC(=O)COC(=O)c2c3c(nc4ccccc24)CCN(Cc2ccccc2)C3)c1. The molecule has 1 aliphatic heterocycles. The molecule has 0 atom stereocenters. The quantitative estimate of drug-likeness (QED) is 0.410. The summed E-state index contributed by atoms with van der Waals surface area (Å²) in [5.41, 5.74) is 6.01. The molecule has 0 bridgehead atoms. The molecule has 0 fully saturated rings. The minimum Gasteiger partial charge on any atom is -0.452 e. The number of aromatic nitrogens is 1. The monoisotopic (exact) mass is 465 g/mol. The highest BCUT2D eigenvalue weighted by molar-refractivity contribution is 6.06. The van der Waals surface area contributed by atoms with Crippen molar-refractivity contribution in [3.63, 3.8) is 0 Å². The smallest absolute Gasteiger partial charge is 0.339 e. The number of pyridine rings is 1. The number of fused-ring (bicyclic) bond motifs is 2. The molecule has 1 amide bonds. The molecule has 6 nitrogen and oxygen atoms in total. The van der Waals surface area contributed by atoms with Crippen molar-refractivity contribution < 1.29 is 14.3 Å². The molecule has 6 heteroatoms. The van der Waals surface area contributed by atoms with E-state index in [1.165, 1.54) is 5.56 Å². The summed E-state index contributed by atoms with van der Waals surface area (Å²) in [5.74, 6) is -0.873. The zero-order chi connectivity index (χ0) is 24.2. The number of amides is 1. The van der Waals surface area contributed by atoms with E-state index in [9.17, 15) is 9.59 Å². The number of benzene rings is 3. The van der Waals surface area contributed by atoms with Gasteiger partial charge in [0.2, 0.25) is 0 Å². The molecule has 4 aromatic rings. The highest BCUT2D eigenvalue weighted by Gasteiger charge is 2.27. The molecule has 2 heterocycles. The molecular formula is C29H27N3O3. The number of para-hydroxylation sites is 1. The van der Waals surface area contributed by atoms with Crippen LogP contribution < -0.4 is 5.32 Å². The number of carbonyl (C=O) groups is 2. The van der Waals surface area contributed by atoms with Crippen LogP contribution in [0.4, 0.5) is 5.69 Å². The Bertz CT molecular complexity index is 1380. The van der Waals surface area contributed by atoms with E-state index in [0.29, 0.717) is 17.8 Å². The number of hydrogen-bond acceptors (Lipinski definition) is 5. The van der Waals surface area contributed by atoms with E-state index in [-0.39, 0.29) is 12.5 Å². The van der Waals surface area contributed by atoms with Crippen molar-refractivity contribution in [1.29, 1.82) is 0 Å². The van der Waals surface area contributed by atoms with Crippen LogP contribution in [0, 0.1) is 6.92 Å². The zero-order valence-electron chi connectivity index (χ0n) is 19.7. The summed E-state index contributed by atoms with van der Waals surface area (Å²) in [6.45, 7) is 3.85. The van der Waals surface area contributed by atoms with Gasteiger partial charge in [0, 0.05) is 48.4 Å². The summed E-state index contributed by atoms with van der Waals surface area (Å²) >= 11 is 0. The van der Waals surface area contributed by atoms with Gasteiger partial charge in [0.05, 0.1) is 11.1 Å². The number of nitrogens with zero attached hydrogens (tertiary/aromatic N) is 2. The molecule has 35 heavy (non-hydrogen) atoms. The summed E-state index contributed by atoms with van der Waals surface area (Å²) in [6.07, 6.45) is 0.751. The lowest BCUT2D eigenvalue weighted by Crippen LogP contribution is -2.32. The van der Waals surface area contributed by atoms with Crippen molar-refractivity contribution in [2.24, 2.45) is 0 Å². The molecule has 0 radical (unpaired) electrons. The van der Waals surface area contributed by atoms with Crippen LogP contribution >= 0.6 is 0 Å². The van der Waals surface area contributed by atoms with Gasteiger partial charge < -0.3 is 10.1 Å². The lowest BCUT2D eigenvalue weighted by Gasteiger charge is -2.30. The Kier molecular flexibility index (Phi) is 6.55. The van der Waals surface area contributed by atoms with Crippen LogP contribution in [0.5, 0.6) is 0 Å². The van der Waals surface area contributed by atoms with E-state index in [0.717, 1.165) is 47.2 Å². The van der Waals surface area contributed by atoms with Gasteiger partial charge in [0.1, 0.15) is 0 Å². The number of rotatable bonds is 6. The third kappa shape index (κ3) is 5.23. The lowest BCUT2D eigenvalue weighted by atomic mass is 9.95. The number of esters is 1. The molecule has 0 aliphatic carbocycles. The summed E-state index contributed by atoms with van der Waals surface area (Å²) in [6, 6.07) is 25.4. The van der Waals surface area contributed by atoms with E-state index in [4.69, 9.17) is 9.72 Å². The molecule has 1 aliphatic rings. The van der Waals surface area contributed by atoms with Crippen molar-refractivity contribution in [2.75, 3.05) is 18.5 Å². The largest absolute Gasteiger partial charge is 0.452 e. The fourth-order valence-corrected chi connectivity index (χ4v) is 4.58. The van der Waals surface area contributed by atoms with E-state index in [1.54, 1.807) is 6.07 Å². The van der Waals surface area contributed by atoms with Crippen LogP contribution in [0.1, 0.15) is 32.7 Å². The topological polar surface area (TPSA) is 71.5 Å².